The molecule has 0 aromatic heterocycles. The third-order valence-electron chi connectivity index (χ3n) is 1.41. The molecule has 0 aliphatic carbocycles. The van der Waals surface area contributed by atoms with E-state index >= 15 is 0 Å². The molecule has 4 heteroatoms. The number of carbonyl (C=O) groups is 1. The maximum Gasteiger partial charge on any atom is 0.264 e. The number of hydrogen-bond acceptors (Lipinski definition) is 2. The molecule has 0 fully saturated rings. The van der Waals surface area contributed by atoms with Gasteiger partial charge in [-0.15, -0.1) is 11.6 Å². The molecule has 1 atom stereocenters. The molecule has 0 saturated carbocycles. The third-order valence-corrected chi connectivity index (χ3v) is 2.10. The molecule has 3 nitrogen and oxygen atoms in total. The van der Waals surface area contributed by atoms with E-state index in [1.807, 2.05) is 13.8 Å². The Kier molecular flexibility index (Phi) is 4.45. The highest BCUT2D eigenvalue weighted by Crippen LogP contribution is 2.11. The van der Waals surface area contributed by atoms with Crippen LogP contribution < -0.4 is 0 Å². The van der Waals surface area contributed by atoms with Crippen LogP contribution in [0.25, 0.3) is 0 Å². The smallest absolute Gasteiger partial charge is 0.264 e. The summed E-state index contributed by atoms with van der Waals surface area (Å²) in [5.41, 5.74) is 0. The fraction of sp³-hybridized carbons (Fsp3) is 0.857. The van der Waals surface area contributed by atoms with Crippen LogP contribution in [-0.4, -0.2) is 30.5 Å². The molecule has 0 rings (SSSR count). The largest absolute Gasteiger partial charge is 0.275 e. The van der Waals surface area contributed by atoms with Gasteiger partial charge in [-0.1, -0.05) is 13.8 Å². The van der Waals surface area contributed by atoms with Crippen LogP contribution in [0.15, 0.2) is 0 Å². The number of rotatable bonds is 3. The van der Waals surface area contributed by atoms with E-state index in [0.29, 0.717) is 0 Å². The lowest BCUT2D eigenvalue weighted by Gasteiger charge is -2.19. The summed E-state index contributed by atoms with van der Waals surface area (Å²) >= 11 is 5.77. The van der Waals surface area contributed by atoms with E-state index in [9.17, 15) is 4.79 Å². The summed E-state index contributed by atoms with van der Waals surface area (Å²) in [5.74, 6) is -0.0778. The van der Waals surface area contributed by atoms with Crippen molar-refractivity contribution in [2.24, 2.45) is 5.92 Å². The Morgan fingerprint density at radius 1 is 1.55 bits per heavy atom. The third kappa shape index (κ3) is 3.08. The fourth-order valence-electron chi connectivity index (χ4n) is 0.549. The topological polar surface area (TPSA) is 29.5 Å². The number of alkyl halides is 1. The van der Waals surface area contributed by atoms with Crippen molar-refractivity contribution in [3.8, 4) is 0 Å². The van der Waals surface area contributed by atoms with Crippen molar-refractivity contribution in [1.82, 2.24) is 5.06 Å². The van der Waals surface area contributed by atoms with Crippen molar-refractivity contribution < 1.29 is 9.63 Å². The monoisotopic (exact) mass is 179 g/mol. The second-order valence-corrected chi connectivity index (χ2v) is 3.13. The molecule has 0 radical (unpaired) electrons. The van der Waals surface area contributed by atoms with E-state index in [1.54, 1.807) is 7.05 Å². The highest BCUT2D eigenvalue weighted by atomic mass is 35.5. The average molecular weight is 180 g/mol. The van der Waals surface area contributed by atoms with Crippen molar-refractivity contribution >= 4 is 17.5 Å². The van der Waals surface area contributed by atoms with E-state index in [2.05, 4.69) is 4.84 Å². The van der Waals surface area contributed by atoms with Crippen LogP contribution in [0.4, 0.5) is 0 Å². The average Bonchev–Trinajstić information content (AvgIpc) is 2.00. The van der Waals surface area contributed by atoms with Gasteiger partial charge >= 0.3 is 0 Å². The number of carbonyl (C=O) groups excluding carboxylic acids is 1. The van der Waals surface area contributed by atoms with E-state index in [-0.39, 0.29) is 11.8 Å². The second kappa shape index (κ2) is 4.57. The van der Waals surface area contributed by atoms with E-state index in [1.165, 1.54) is 7.11 Å². The van der Waals surface area contributed by atoms with Gasteiger partial charge in [0.05, 0.1) is 7.11 Å². The molecule has 0 bridgehead atoms. The van der Waals surface area contributed by atoms with Crippen molar-refractivity contribution in [3.05, 3.63) is 0 Å². The molecule has 1 amide bonds. The van der Waals surface area contributed by atoms with Gasteiger partial charge in [-0.3, -0.25) is 9.63 Å². The summed E-state index contributed by atoms with van der Waals surface area (Å²) < 4.78 is 0. The van der Waals surface area contributed by atoms with Crippen molar-refractivity contribution in [3.63, 3.8) is 0 Å². The lowest BCUT2D eigenvalue weighted by atomic mass is 10.1. The first-order valence-electron chi connectivity index (χ1n) is 3.46. The number of amides is 1. The van der Waals surface area contributed by atoms with Crippen LogP contribution in [0, 0.1) is 5.92 Å². The Morgan fingerprint density at radius 3 is 2.27 bits per heavy atom. The van der Waals surface area contributed by atoms with Gasteiger partial charge < -0.3 is 0 Å². The first-order chi connectivity index (χ1) is 5.00. The molecule has 66 valence electrons. The molecule has 0 aliphatic heterocycles. The quantitative estimate of drug-likeness (QED) is 0.483. The predicted molar refractivity (Wildman–Crippen MR) is 44.3 cm³/mol. The molecule has 0 aromatic rings. The zero-order valence-electron chi connectivity index (χ0n) is 7.30. The van der Waals surface area contributed by atoms with E-state index in [4.69, 9.17) is 11.6 Å². The molecule has 0 aliphatic rings. The van der Waals surface area contributed by atoms with Crippen molar-refractivity contribution in [1.29, 1.82) is 0 Å². The first-order valence-corrected chi connectivity index (χ1v) is 3.90. The van der Waals surface area contributed by atoms with Crippen molar-refractivity contribution in [2.75, 3.05) is 14.2 Å². The zero-order valence-corrected chi connectivity index (χ0v) is 8.05. The summed E-state index contributed by atoms with van der Waals surface area (Å²) in [5, 5.41) is 0.637. The Bertz CT molecular complexity index is 138. The lowest BCUT2D eigenvalue weighted by molar-refractivity contribution is -0.168. The molecule has 0 spiro atoms. The molecule has 0 N–H and O–H groups in total. The maximum atomic E-state index is 11.2. The van der Waals surface area contributed by atoms with Crippen molar-refractivity contribution in [2.45, 2.75) is 19.2 Å². The number of nitrogens with zero attached hydrogens (tertiary/aromatic N) is 1. The normalized spacial score (nSPS) is 13.3. The highest BCUT2D eigenvalue weighted by Gasteiger charge is 2.22. The maximum absolute atomic E-state index is 11.2. The van der Waals surface area contributed by atoms with Gasteiger partial charge in [0, 0.05) is 7.05 Å². The molecule has 0 aromatic carbocycles. The number of hydroxylamine groups is 2. The van der Waals surface area contributed by atoms with Gasteiger partial charge in [-0.05, 0) is 5.92 Å². The van der Waals surface area contributed by atoms with E-state index < -0.39 is 5.38 Å². The number of halogens is 1. The minimum atomic E-state index is -0.500. The Balaban J connectivity index is 4.02. The summed E-state index contributed by atoms with van der Waals surface area (Å²) in [6, 6.07) is 0. The van der Waals surface area contributed by atoms with Gasteiger partial charge in [0.25, 0.3) is 5.91 Å². The van der Waals surface area contributed by atoms with Crippen LogP contribution in [0.3, 0.4) is 0 Å². The summed E-state index contributed by atoms with van der Waals surface area (Å²) in [4.78, 5) is 15.9. The minimum absolute atomic E-state index is 0.127. The van der Waals surface area contributed by atoms with Gasteiger partial charge in [0.1, 0.15) is 5.38 Å². The summed E-state index contributed by atoms with van der Waals surface area (Å²) in [6.45, 7) is 3.78. The van der Waals surface area contributed by atoms with Crippen LogP contribution in [0.5, 0.6) is 0 Å². The number of hydrogen-bond donors (Lipinski definition) is 0. The second-order valence-electron chi connectivity index (χ2n) is 2.66. The van der Waals surface area contributed by atoms with Crippen LogP contribution in [0.1, 0.15) is 13.8 Å². The SMILES string of the molecule is CON(C)C(=O)[C@H](Cl)C(C)C. The molecule has 0 saturated heterocycles. The molecule has 0 heterocycles. The lowest BCUT2D eigenvalue weighted by Crippen LogP contribution is -2.35. The van der Waals surface area contributed by atoms with Gasteiger partial charge in [-0.25, -0.2) is 5.06 Å². The summed E-state index contributed by atoms with van der Waals surface area (Å²) in [6.07, 6.45) is 0. The van der Waals surface area contributed by atoms with Gasteiger partial charge in [0.15, 0.2) is 0 Å². The molecule has 0 unspecified atom stereocenters. The molecule has 11 heavy (non-hydrogen) atoms. The Labute approximate surface area is 72.2 Å². The zero-order chi connectivity index (χ0) is 9.02. The molecular weight excluding hydrogens is 166 g/mol. The summed E-state index contributed by atoms with van der Waals surface area (Å²) in [7, 11) is 2.97. The predicted octanol–water partition coefficient (Wildman–Crippen LogP) is 1.27. The highest BCUT2D eigenvalue weighted by molar-refractivity contribution is 6.30. The van der Waals surface area contributed by atoms with Gasteiger partial charge in [-0.2, -0.15) is 0 Å². The minimum Gasteiger partial charge on any atom is -0.275 e. The van der Waals surface area contributed by atoms with E-state index in [0.717, 1.165) is 5.06 Å². The Morgan fingerprint density at radius 2 is 2.00 bits per heavy atom. The standard InChI is InChI=1S/C7H14ClNO2/c1-5(2)6(8)7(10)9(3)11-4/h5-6H,1-4H3/t6-/m1/s1. The molecular formula is C7H14ClNO2. The Hall–Kier alpha value is -0.280. The van der Waals surface area contributed by atoms with Crippen LogP contribution in [0.2, 0.25) is 0 Å². The van der Waals surface area contributed by atoms with Crippen LogP contribution in [-0.2, 0) is 9.63 Å². The van der Waals surface area contributed by atoms with Gasteiger partial charge in [0.2, 0.25) is 0 Å². The van der Waals surface area contributed by atoms with Crippen LogP contribution >= 0.6 is 11.6 Å². The fourth-order valence-corrected chi connectivity index (χ4v) is 0.686. The first kappa shape index (κ1) is 10.7.